The molecule has 4 N–H and O–H groups in total. The van der Waals surface area contributed by atoms with Crippen molar-refractivity contribution in [3.05, 3.63) is 33.1 Å². The predicted molar refractivity (Wildman–Crippen MR) is 118 cm³/mol. The SMILES string of the molecule is CCCCP(=S)(CCCC)OP(=O)(O)OC[C@H]1O[C@@H](n2ccc(=O)[nH]c2=O)C(O)C1O. The summed E-state index contributed by atoms with van der Waals surface area (Å²) in [6.07, 6.45) is -2.70. The number of nitrogens with one attached hydrogen (secondary N) is 1. The topological polar surface area (TPSA) is 160 Å². The van der Waals surface area contributed by atoms with Crippen LogP contribution in [0, 0.1) is 0 Å². The lowest BCUT2D eigenvalue weighted by Gasteiger charge is -2.25. The van der Waals surface area contributed by atoms with Gasteiger partial charge in [0.15, 0.2) is 6.23 Å². The molecule has 11 nitrogen and oxygen atoms in total. The minimum Gasteiger partial charge on any atom is -0.387 e. The van der Waals surface area contributed by atoms with Crippen molar-refractivity contribution in [2.24, 2.45) is 0 Å². The number of nitrogens with zero attached hydrogens (tertiary/aromatic N) is 1. The molecule has 0 spiro atoms. The number of aliphatic hydroxyl groups excluding tert-OH is 2. The van der Waals surface area contributed by atoms with Crippen molar-refractivity contribution in [2.45, 2.75) is 64.1 Å². The second kappa shape index (κ2) is 11.4. The number of ether oxygens (including phenoxy) is 1. The van der Waals surface area contributed by atoms with E-state index in [4.69, 9.17) is 25.4 Å². The Kier molecular flexibility index (Phi) is 9.81. The summed E-state index contributed by atoms with van der Waals surface area (Å²) in [5, 5.41) is 20.5. The molecule has 3 unspecified atom stereocenters. The maximum atomic E-state index is 12.5. The van der Waals surface area contributed by atoms with E-state index in [2.05, 4.69) is 0 Å². The Hall–Kier alpha value is -0.680. The fraction of sp³-hybridized carbons (Fsp3) is 0.765. The van der Waals surface area contributed by atoms with E-state index in [-0.39, 0.29) is 0 Å². The third-order valence-corrected chi connectivity index (χ3v) is 11.0. The van der Waals surface area contributed by atoms with Gasteiger partial charge in [0.2, 0.25) is 0 Å². The van der Waals surface area contributed by atoms with Gasteiger partial charge in [-0.3, -0.25) is 23.2 Å². The minimum atomic E-state index is -4.54. The van der Waals surface area contributed by atoms with Gasteiger partial charge < -0.3 is 19.8 Å². The molecular weight excluding hydrogens is 470 g/mol. The molecule has 1 aliphatic rings. The Labute approximate surface area is 185 Å². The van der Waals surface area contributed by atoms with Gasteiger partial charge >= 0.3 is 13.5 Å². The van der Waals surface area contributed by atoms with Gasteiger partial charge in [-0.2, -0.15) is 0 Å². The number of hydrogen-bond acceptors (Lipinski definition) is 9. The predicted octanol–water partition coefficient (Wildman–Crippen LogP) is 1.28. The molecule has 1 aromatic rings. The lowest BCUT2D eigenvalue weighted by atomic mass is 10.1. The number of aliphatic hydroxyl groups is 2. The monoisotopic (exact) mass is 500 g/mol. The van der Waals surface area contributed by atoms with E-state index >= 15 is 0 Å². The minimum absolute atomic E-state index is 0.519. The summed E-state index contributed by atoms with van der Waals surface area (Å²) in [7, 11) is -4.54. The summed E-state index contributed by atoms with van der Waals surface area (Å²) in [6, 6.07) is 1.06. The van der Waals surface area contributed by atoms with Crippen LogP contribution in [0.2, 0.25) is 0 Å². The van der Waals surface area contributed by atoms with Crippen LogP contribution < -0.4 is 11.2 Å². The van der Waals surface area contributed by atoms with Crippen molar-refractivity contribution in [3.8, 4) is 0 Å². The quantitative estimate of drug-likeness (QED) is 0.308. The molecule has 1 saturated heterocycles. The van der Waals surface area contributed by atoms with E-state index in [9.17, 15) is 29.3 Å². The summed E-state index contributed by atoms with van der Waals surface area (Å²) < 4.78 is 29.3. The van der Waals surface area contributed by atoms with Gasteiger partial charge in [-0.25, -0.2) is 9.36 Å². The first-order valence-electron chi connectivity index (χ1n) is 10.1. The van der Waals surface area contributed by atoms with Crippen LogP contribution in [0.15, 0.2) is 21.9 Å². The van der Waals surface area contributed by atoms with E-state index in [1.165, 1.54) is 0 Å². The molecule has 0 saturated carbocycles. The molecule has 178 valence electrons. The van der Waals surface area contributed by atoms with Crippen molar-refractivity contribution < 1.29 is 33.2 Å². The Balaban J connectivity index is 2.05. The van der Waals surface area contributed by atoms with E-state index in [0.29, 0.717) is 12.3 Å². The second-order valence-corrected chi connectivity index (χ2v) is 13.7. The molecule has 0 aromatic carbocycles. The Morgan fingerprint density at radius 1 is 1.19 bits per heavy atom. The third kappa shape index (κ3) is 7.42. The average Bonchev–Trinajstić information content (AvgIpc) is 2.97. The summed E-state index contributed by atoms with van der Waals surface area (Å²) in [5.41, 5.74) is -1.47. The normalized spacial score (nSPS) is 26.1. The molecule has 14 heteroatoms. The zero-order chi connectivity index (χ0) is 23.2. The van der Waals surface area contributed by atoms with Crippen LogP contribution in [0.5, 0.6) is 0 Å². The van der Waals surface area contributed by atoms with Crippen molar-refractivity contribution in [1.29, 1.82) is 0 Å². The highest BCUT2D eigenvalue weighted by Crippen LogP contribution is 2.63. The van der Waals surface area contributed by atoms with E-state index in [0.717, 1.165) is 42.5 Å². The van der Waals surface area contributed by atoms with Gasteiger partial charge in [0.25, 0.3) is 5.56 Å². The first-order valence-corrected chi connectivity index (χ1v) is 14.7. The fourth-order valence-electron chi connectivity index (χ4n) is 3.10. The van der Waals surface area contributed by atoms with E-state index in [1.807, 2.05) is 18.8 Å². The van der Waals surface area contributed by atoms with Gasteiger partial charge in [-0.1, -0.05) is 38.5 Å². The third-order valence-electron chi connectivity index (χ3n) is 4.82. The van der Waals surface area contributed by atoms with Gasteiger partial charge in [0.05, 0.1) is 12.9 Å². The molecule has 1 fully saturated rings. The van der Waals surface area contributed by atoms with Crippen LogP contribution in [-0.4, -0.2) is 61.9 Å². The number of unbranched alkanes of at least 4 members (excludes halogenated alkanes) is 2. The van der Waals surface area contributed by atoms with Gasteiger partial charge in [0, 0.05) is 12.3 Å². The van der Waals surface area contributed by atoms with Crippen molar-refractivity contribution >= 4 is 25.9 Å². The van der Waals surface area contributed by atoms with Crippen molar-refractivity contribution in [2.75, 3.05) is 18.9 Å². The van der Waals surface area contributed by atoms with Gasteiger partial charge in [0.1, 0.15) is 18.3 Å². The molecule has 0 radical (unpaired) electrons. The number of rotatable bonds is 12. The number of aromatic nitrogens is 2. The zero-order valence-electron chi connectivity index (χ0n) is 17.5. The van der Waals surface area contributed by atoms with Crippen LogP contribution in [0.4, 0.5) is 0 Å². The van der Waals surface area contributed by atoms with Crippen LogP contribution in [0.25, 0.3) is 0 Å². The molecule has 0 amide bonds. The molecule has 31 heavy (non-hydrogen) atoms. The molecule has 1 aromatic heterocycles. The highest BCUT2D eigenvalue weighted by Gasteiger charge is 2.45. The molecule has 0 aliphatic carbocycles. The van der Waals surface area contributed by atoms with Crippen LogP contribution in [-0.2, 0) is 29.9 Å². The second-order valence-electron chi connectivity index (χ2n) is 7.38. The van der Waals surface area contributed by atoms with Crippen LogP contribution in [0.3, 0.4) is 0 Å². The summed E-state index contributed by atoms with van der Waals surface area (Å²) in [5.74, 6) is 0. The molecular formula is C17H30N2O9P2S. The fourth-order valence-corrected chi connectivity index (χ4v) is 9.13. The maximum absolute atomic E-state index is 12.5. The standard InChI is InChI=1S/C17H30N2O9P2S/c1-3-5-9-29(31,10-6-4-2)28-30(24,25)26-11-12-14(21)15(22)16(27-12)19-8-7-13(20)18-17(19)23/h7-8,12,14-16,21-22H,3-6,9-11H2,1-2H3,(H,24,25)(H,18,20,23)/t12-,14?,15?,16-/m1/s1. The largest absolute Gasteiger partial charge is 0.476 e. The highest BCUT2D eigenvalue weighted by molar-refractivity contribution is 8.13. The summed E-state index contributed by atoms with van der Waals surface area (Å²) in [6.45, 7) is 3.41. The molecule has 1 aliphatic heterocycles. The van der Waals surface area contributed by atoms with Crippen molar-refractivity contribution in [1.82, 2.24) is 9.55 Å². The smallest absolute Gasteiger partial charge is 0.387 e. The van der Waals surface area contributed by atoms with Gasteiger partial charge in [-0.05, 0) is 25.2 Å². The van der Waals surface area contributed by atoms with Gasteiger partial charge in [-0.15, -0.1) is 0 Å². The van der Waals surface area contributed by atoms with Crippen LogP contribution in [0.1, 0.15) is 45.8 Å². The Bertz CT molecular complexity index is 925. The zero-order valence-corrected chi connectivity index (χ0v) is 20.1. The number of H-pyrrole nitrogens is 1. The maximum Gasteiger partial charge on any atom is 0.476 e. The lowest BCUT2D eigenvalue weighted by Crippen LogP contribution is -2.37. The first kappa shape index (κ1) is 26.6. The summed E-state index contributed by atoms with van der Waals surface area (Å²) in [4.78, 5) is 35.3. The molecule has 2 rings (SSSR count). The van der Waals surface area contributed by atoms with Crippen molar-refractivity contribution in [3.63, 3.8) is 0 Å². The number of phosphoric ester groups is 1. The molecule has 0 bridgehead atoms. The lowest BCUT2D eigenvalue weighted by molar-refractivity contribution is -0.0539. The summed E-state index contributed by atoms with van der Waals surface area (Å²) >= 11 is 5.57. The van der Waals surface area contributed by atoms with E-state index < -0.39 is 56.5 Å². The first-order chi connectivity index (χ1) is 14.5. The Morgan fingerprint density at radius 3 is 2.35 bits per heavy atom. The number of aromatic amines is 1. The number of phosphoric acid groups is 1. The number of hydrogen-bond donors (Lipinski definition) is 4. The molecule has 2 heterocycles. The average molecular weight is 500 g/mol. The Morgan fingerprint density at radius 2 is 1.81 bits per heavy atom. The van der Waals surface area contributed by atoms with E-state index in [1.54, 1.807) is 0 Å². The highest BCUT2D eigenvalue weighted by atomic mass is 32.4. The molecule has 5 atom stereocenters. The van der Waals surface area contributed by atoms with Crippen LogP contribution >= 0.6 is 14.1 Å².